The van der Waals surface area contributed by atoms with Gasteiger partial charge in [-0.1, -0.05) is 18.2 Å². The van der Waals surface area contributed by atoms with Gasteiger partial charge in [-0.2, -0.15) is 0 Å². The number of fused-ring (bicyclic) bond motifs is 1. The minimum absolute atomic E-state index is 0.0793. The number of rotatable bonds is 5. The molecule has 0 unspecified atom stereocenters. The summed E-state index contributed by atoms with van der Waals surface area (Å²) >= 11 is 0. The molecule has 2 aromatic carbocycles. The van der Waals surface area contributed by atoms with E-state index in [0.29, 0.717) is 23.8 Å². The van der Waals surface area contributed by atoms with E-state index in [0.717, 1.165) is 16.9 Å². The third-order valence-corrected chi connectivity index (χ3v) is 5.52. The van der Waals surface area contributed by atoms with E-state index in [4.69, 9.17) is 4.74 Å². The molecule has 0 saturated carbocycles. The van der Waals surface area contributed by atoms with Crippen molar-refractivity contribution in [3.8, 4) is 17.0 Å². The molecule has 0 aliphatic carbocycles. The first-order valence-electron chi connectivity index (χ1n) is 10.3. The normalized spacial score (nSPS) is 15.8. The van der Waals surface area contributed by atoms with E-state index in [-0.39, 0.29) is 18.2 Å². The molecular weight excluding hydrogens is 406 g/mol. The summed E-state index contributed by atoms with van der Waals surface area (Å²) in [5.74, 6) is 0.583. The Kier molecular flexibility index (Phi) is 5.03. The summed E-state index contributed by atoms with van der Waals surface area (Å²) in [6, 6.07) is 16.6. The smallest absolute Gasteiger partial charge is 0.234 e. The van der Waals surface area contributed by atoms with Crippen molar-refractivity contribution in [2.24, 2.45) is 5.92 Å². The lowest BCUT2D eigenvalue weighted by atomic mass is 10.1. The van der Waals surface area contributed by atoms with Gasteiger partial charge in [-0.3, -0.25) is 14.0 Å². The Hall–Kier alpha value is -4.20. The van der Waals surface area contributed by atoms with Crippen LogP contribution in [0.3, 0.4) is 0 Å². The number of nitrogens with zero attached hydrogens (tertiary/aromatic N) is 4. The van der Waals surface area contributed by atoms with Crippen LogP contribution >= 0.6 is 0 Å². The molecule has 5 rings (SSSR count). The van der Waals surface area contributed by atoms with Crippen LogP contribution in [0.5, 0.6) is 5.75 Å². The van der Waals surface area contributed by atoms with E-state index in [9.17, 15) is 9.59 Å². The first-order chi connectivity index (χ1) is 15.6. The largest absolute Gasteiger partial charge is 0.497 e. The van der Waals surface area contributed by atoms with Crippen molar-refractivity contribution in [3.05, 3.63) is 73.2 Å². The Morgan fingerprint density at radius 3 is 2.88 bits per heavy atom. The quantitative estimate of drug-likeness (QED) is 0.527. The lowest BCUT2D eigenvalue weighted by Gasteiger charge is -2.17. The lowest BCUT2D eigenvalue weighted by Crippen LogP contribution is -2.28. The van der Waals surface area contributed by atoms with Crippen molar-refractivity contribution in [1.29, 1.82) is 0 Å². The summed E-state index contributed by atoms with van der Waals surface area (Å²) in [7, 11) is 1.58. The molecule has 1 atom stereocenters. The fourth-order valence-electron chi connectivity index (χ4n) is 3.88. The van der Waals surface area contributed by atoms with Crippen LogP contribution in [-0.4, -0.2) is 39.8 Å². The van der Waals surface area contributed by atoms with Gasteiger partial charge >= 0.3 is 0 Å². The van der Waals surface area contributed by atoms with Gasteiger partial charge in [-0.25, -0.2) is 9.97 Å². The van der Waals surface area contributed by atoms with Gasteiger partial charge in [0.1, 0.15) is 5.75 Å². The first-order valence-corrected chi connectivity index (χ1v) is 10.3. The van der Waals surface area contributed by atoms with Crippen molar-refractivity contribution in [2.45, 2.75) is 6.42 Å². The van der Waals surface area contributed by atoms with E-state index in [2.05, 4.69) is 15.3 Å². The topological polar surface area (TPSA) is 88.8 Å². The van der Waals surface area contributed by atoms with Crippen LogP contribution in [-0.2, 0) is 9.59 Å². The van der Waals surface area contributed by atoms with Crippen LogP contribution in [0.15, 0.2) is 73.2 Å². The second-order valence-electron chi connectivity index (χ2n) is 7.63. The van der Waals surface area contributed by atoms with Gasteiger partial charge in [0, 0.05) is 54.6 Å². The highest BCUT2D eigenvalue weighted by atomic mass is 16.5. The molecule has 160 valence electrons. The molecular formula is C24H21N5O3. The highest BCUT2D eigenvalue weighted by Gasteiger charge is 2.35. The Morgan fingerprint density at radius 1 is 1.16 bits per heavy atom. The summed E-state index contributed by atoms with van der Waals surface area (Å²) in [4.78, 5) is 35.9. The number of hydrogen-bond donors (Lipinski definition) is 1. The van der Waals surface area contributed by atoms with Crippen molar-refractivity contribution in [2.75, 3.05) is 23.9 Å². The monoisotopic (exact) mass is 427 g/mol. The maximum atomic E-state index is 12.9. The molecule has 8 nitrogen and oxygen atoms in total. The molecule has 1 saturated heterocycles. The zero-order chi connectivity index (χ0) is 22.1. The van der Waals surface area contributed by atoms with Gasteiger partial charge < -0.3 is 15.0 Å². The van der Waals surface area contributed by atoms with Crippen molar-refractivity contribution in [3.63, 3.8) is 0 Å². The number of imidazole rings is 1. The third kappa shape index (κ3) is 3.78. The predicted octanol–water partition coefficient (Wildman–Crippen LogP) is 3.40. The molecule has 8 heteroatoms. The van der Waals surface area contributed by atoms with Gasteiger partial charge in [0.15, 0.2) is 0 Å². The Morgan fingerprint density at radius 2 is 2.03 bits per heavy atom. The van der Waals surface area contributed by atoms with Gasteiger partial charge in [0.25, 0.3) is 0 Å². The van der Waals surface area contributed by atoms with Crippen LogP contribution in [0.1, 0.15) is 6.42 Å². The van der Waals surface area contributed by atoms with Gasteiger partial charge in [-0.15, -0.1) is 0 Å². The Balaban J connectivity index is 1.31. The number of hydrogen-bond acceptors (Lipinski definition) is 5. The average Bonchev–Trinajstić information content (AvgIpc) is 3.43. The molecule has 32 heavy (non-hydrogen) atoms. The van der Waals surface area contributed by atoms with E-state index in [1.807, 2.05) is 65.3 Å². The van der Waals surface area contributed by atoms with Crippen LogP contribution in [0.2, 0.25) is 0 Å². The second-order valence-corrected chi connectivity index (χ2v) is 7.63. The third-order valence-electron chi connectivity index (χ3n) is 5.52. The van der Waals surface area contributed by atoms with Crippen LogP contribution in [0.4, 0.5) is 11.4 Å². The fourth-order valence-corrected chi connectivity index (χ4v) is 3.88. The fraction of sp³-hybridized carbons (Fsp3) is 0.167. The van der Waals surface area contributed by atoms with Crippen LogP contribution < -0.4 is 15.0 Å². The van der Waals surface area contributed by atoms with Crippen molar-refractivity contribution < 1.29 is 14.3 Å². The molecule has 1 aliphatic rings. The van der Waals surface area contributed by atoms with Gasteiger partial charge in [-0.05, 0) is 30.3 Å². The zero-order valence-electron chi connectivity index (χ0n) is 17.4. The number of methoxy groups -OCH3 is 1. The van der Waals surface area contributed by atoms with Gasteiger partial charge in [0.2, 0.25) is 17.6 Å². The Bertz CT molecular complexity index is 1280. The SMILES string of the molecule is COc1cccc(N2C[C@@H](C(=O)Nc3cccc(-c4cn5cccnc5n4)c3)CC2=O)c1. The summed E-state index contributed by atoms with van der Waals surface area (Å²) in [5, 5.41) is 2.95. The molecule has 0 spiro atoms. The molecule has 1 fully saturated rings. The lowest BCUT2D eigenvalue weighted by molar-refractivity contribution is -0.122. The predicted molar refractivity (Wildman–Crippen MR) is 121 cm³/mol. The van der Waals surface area contributed by atoms with Crippen LogP contribution in [0.25, 0.3) is 17.0 Å². The van der Waals surface area contributed by atoms with Crippen LogP contribution in [0, 0.1) is 5.92 Å². The minimum Gasteiger partial charge on any atom is -0.497 e. The maximum absolute atomic E-state index is 12.9. The summed E-state index contributed by atoms with van der Waals surface area (Å²) < 4.78 is 7.09. The van der Waals surface area contributed by atoms with E-state index in [1.165, 1.54) is 0 Å². The maximum Gasteiger partial charge on any atom is 0.234 e. The van der Waals surface area contributed by atoms with Gasteiger partial charge in [0.05, 0.1) is 18.7 Å². The number of benzene rings is 2. The number of nitrogens with one attached hydrogen (secondary N) is 1. The molecule has 0 radical (unpaired) electrons. The zero-order valence-corrected chi connectivity index (χ0v) is 17.4. The number of carbonyl (C=O) groups is 2. The first kappa shape index (κ1) is 19.7. The standard InChI is InChI=1S/C24H21N5O3/c1-32-20-8-3-7-19(13-20)29-14-17(12-22(29)30)23(31)26-18-6-2-5-16(11-18)21-15-28-10-4-9-25-24(28)27-21/h2-11,13,15,17H,12,14H2,1H3,(H,26,31)/t17-/m0/s1. The number of amides is 2. The Labute approximate surface area is 184 Å². The molecule has 2 aromatic heterocycles. The minimum atomic E-state index is -0.434. The number of carbonyl (C=O) groups excluding carboxylic acids is 2. The molecule has 0 bridgehead atoms. The number of aromatic nitrogens is 3. The number of anilines is 2. The van der Waals surface area contributed by atoms with Crippen molar-refractivity contribution in [1.82, 2.24) is 14.4 Å². The van der Waals surface area contributed by atoms with Crippen molar-refractivity contribution >= 4 is 29.0 Å². The summed E-state index contributed by atoms with van der Waals surface area (Å²) in [6.45, 7) is 0.329. The summed E-state index contributed by atoms with van der Waals surface area (Å²) in [5.41, 5.74) is 3.02. The molecule has 1 N–H and O–H groups in total. The van der Waals surface area contributed by atoms with E-state index >= 15 is 0 Å². The highest BCUT2D eigenvalue weighted by Crippen LogP contribution is 2.29. The number of ether oxygens (including phenoxy) is 1. The second kappa shape index (κ2) is 8.14. The molecule has 3 heterocycles. The average molecular weight is 427 g/mol. The molecule has 1 aliphatic heterocycles. The molecule has 2 amide bonds. The summed E-state index contributed by atoms with van der Waals surface area (Å²) in [6.07, 6.45) is 5.64. The van der Waals surface area contributed by atoms with E-state index < -0.39 is 5.92 Å². The highest BCUT2D eigenvalue weighted by molar-refractivity contribution is 6.03. The molecule has 4 aromatic rings. The van der Waals surface area contributed by atoms with E-state index in [1.54, 1.807) is 24.3 Å².